The van der Waals surface area contributed by atoms with Gasteiger partial charge in [-0.25, -0.2) is 0 Å². The summed E-state index contributed by atoms with van der Waals surface area (Å²) in [6.45, 7) is 4.45. The van der Waals surface area contributed by atoms with Gasteiger partial charge in [-0.2, -0.15) is 0 Å². The van der Waals surface area contributed by atoms with E-state index in [4.69, 9.17) is 0 Å². The quantitative estimate of drug-likeness (QED) is 0.605. The van der Waals surface area contributed by atoms with Crippen molar-refractivity contribution in [3.05, 3.63) is 12.7 Å². The highest BCUT2D eigenvalue weighted by molar-refractivity contribution is 5.93. The molecule has 0 aliphatic carbocycles. The molecule has 1 aliphatic rings. The van der Waals surface area contributed by atoms with E-state index in [1.807, 2.05) is 0 Å². The molecule has 2 heteroatoms. The Labute approximate surface area is 67.7 Å². The van der Waals surface area contributed by atoms with E-state index in [0.29, 0.717) is 0 Å². The number of hydrogen-bond donors (Lipinski definition) is 1. The number of hydrogen-bond acceptors (Lipinski definition) is 2. The normalized spacial score (nSPS) is 25.6. The van der Waals surface area contributed by atoms with Crippen LogP contribution in [0, 0.1) is 0 Å². The second-order valence-electron chi connectivity index (χ2n) is 2.96. The van der Waals surface area contributed by atoms with E-state index in [1.54, 1.807) is 0 Å². The first kappa shape index (κ1) is 8.47. The van der Waals surface area contributed by atoms with Crippen LogP contribution in [0.2, 0.25) is 0 Å². The average molecular weight is 153 g/mol. The molecule has 0 radical (unpaired) electrons. The maximum atomic E-state index is 11.1. The van der Waals surface area contributed by atoms with Crippen LogP contribution in [0.3, 0.4) is 0 Å². The summed E-state index contributed by atoms with van der Waals surface area (Å²) in [6.07, 6.45) is 6.00. The summed E-state index contributed by atoms with van der Waals surface area (Å²) in [6, 6.07) is 0.0509. The van der Waals surface area contributed by atoms with Crippen molar-refractivity contribution in [3.63, 3.8) is 0 Å². The van der Waals surface area contributed by atoms with Crippen LogP contribution in [0.4, 0.5) is 0 Å². The van der Waals surface area contributed by atoms with Crippen molar-refractivity contribution in [1.29, 1.82) is 0 Å². The fourth-order valence-corrected chi connectivity index (χ4v) is 1.41. The third kappa shape index (κ3) is 2.46. The van der Waals surface area contributed by atoms with Gasteiger partial charge in [0, 0.05) is 0 Å². The topological polar surface area (TPSA) is 29.1 Å². The molecule has 1 unspecified atom stereocenters. The first-order valence-electron chi connectivity index (χ1n) is 4.24. The highest BCUT2D eigenvalue weighted by Gasteiger charge is 2.15. The Kier molecular flexibility index (Phi) is 3.30. The number of rotatable bonds is 2. The molecule has 2 nitrogen and oxygen atoms in total. The lowest BCUT2D eigenvalue weighted by Gasteiger charge is -2.10. The van der Waals surface area contributed by atoms with Gasteiger partial charge in [-0.1, -0.05) is 19.4 Å². The van der Waals surface area contributed by atoms with E-state index in [9.17, 15) is 4.79 Å². The van der Waals surface area contributed by atoms with Crippen molar-refractivity contribution in [2.75, 3.05) is 6.54 Å². The third-order valence-electron chi connectivity index (χ3n) is 2.10. The van der Waals surface area contributed by atoms with Crippen LogP contribution in [-0.4, -0.2) is 18.4 Å². The largest absolute Gasteiger partial charge is 0.307 e. The van der Waals surface area contributed by atoms with Gasteiger partial charge in [0.2, 0.25) is 0 Å². The lowest BCUT2D eigenvalue weighted by atomic mass is 10.1. The monoisotopic (exact) mass is 153 g/mol. The van der Waals surface area contributed by atoms with Gasteiger partial charge in [0.1, 0.15) is 0 Å². The van der Waals surface area contributed by atoms with Crippen LogP contribution in [0.1, 0.15) is 25.7 Å². The average Bonchev–Trinajstić information content (AvgIpc) is 2.30. The molecule has 1 aliphatic heterocycles. The van der Waals surface area contributed by atoms with Gasteiger partial charge in [0.25, 0.3) is 0 Å². The molecule has 0 saturated carbocycles. The summed E-state index contributed by atoms with van der Waals surface area (Å²) >= 11 is 0. The smallest absolute Gasteiger partial charge is 0.171 e. The van der Waals surface area contributed by atoms with Crippen molar-refractivity contribution < 1.29 is 4.79 Å². The second-order valence-corrected chi connectivity index (χ2v) is 2.96. The molecule has 0 aromatic heterocycles. The van der Waals surface area contributed by atoms with Gasteiger partial charge in [-0.05, 0) is 25.5 Å². The molecule has 0 aromatic carbocycles. The number of nitrogens with one attached hydrogen (secondary N) is 1. The van der Waals surface area contributed by atoms with E-state index in [-0.39, 0.29) is 11.8 Å². The van der Waals surface area contributed by atoms with Crippen molar-refractivity contribution in [1.82, 2.24) is 5.32 Å². The minimum absolute atomic E-state index is 0.0509. The highest BCUT2D eigenvalue weighted by atomic mass is 16.1. The fraction of sp³-hybridized carbons (Fsp3) is 0.667. The van der Waals surface area contributed by atoms with Crippen LogP contribution >= 0.6 is 0 Å². The minimum atomic E-state index is 0.0509. The molecule has 11 heavy (non-hydrogen) atoms. The van der Waals surface area contributed by atoms with Gasteiger partial charge < -0.3 is 5.32 Å². The standard InChI is InChI=1S/C9H15NO/c1-2-9(11)8-6-4-3-5-7-10-8/h2,8,10H,1,3-7H2. The van der Waals surface area contributed by atoms with Crippen LogP contribution in [0.15, 0.2) is 12.7 Å². The molecule has 1 saturated heterocycles. The summed E-state index contributed by atoms with van der Waals surface area (Å²) in [4.78, 5) is 11.1. The molecule has 0 bridgehead atoms. The summed E-state index contributed by atoms with van der Waals surface area (Å²) < 4.78 is 0. The van der Waals surface area contributed by atoms with Gasteiger partial charge in [0.05, 0.1) is 6.04 Å². The van der Waals surface area contributed by atoms with Gasteiger partial charge in [-0.15, -0.1) is 0 Å². The zero-order valence-corrected chi connectivity index (χ0v) is 6.81. The number of ketones is 1. The van der Waals surface area contributed by atoms with Crippen LogP contribution in [0.25, 0.3) is 0 Å². The van der Waals surface area contributed by atoms with Crippen molar-refractivity contribution in [3.8, 4) is 0 Å². The molecule has 1 atom stereocenters. The first-order chi connectivity index (χ1) is 5.34. The Morgan fingerprint density at radius 2 is 2.27 bits per heavy atom. The van der Waals surface area contributed by atoms with Crippen LogP contribution < -0.4 is 5.32 Å². The first-order valence-corrected chi connectivity index (χ1v) is 4.24. The second kappa shape index (κ2) is 4.29. The van der Waals surface area contributed by atoms with E-state index in [2.05, 4.69) is 11.9 Å². The van der Waals surface area contributed by atoms with Gasteiger partial charge in [0.15, 0.2) is 5.78 Å². The summed E-state index contributed by atoms with van der Waals surface area (Å²) in [7, 11) is 0. The Morgan fingerprint density at radius 3 is 3.00 bits per heavy atom. The van der Waals surface area contributed by atoms with Gasteiger partial charge >= 0.3 is 0 Å². The molecule has 1 heterocycles. The highest BCUT2D eigenvalue weighted by Crippen LogP contribution is 2.08. The summed E-state index contributed by atoms with van der Waals surface area (Å²) in [5.41, 5.74) is 0. The van der Waals surface area contributed by atoms with Crippen molar-refractivity contribution >= 4 is 5.78 Å². The zero-order chi connectivity index (χ0) is 8.10. The lowest BCUT2D eigenvalue weighted by Crippen LogP contribution is -2.34. The van der Waals surface area contributed by atoms with Crippen molar-refractivity contribution in [2.24, 2.45) is 0 Å². The maximum absolute atomic E-state index is 11.1. The molecular weight excluding hydrogens is 138 g/mol. The SMILES string of the molecule is C=CC(=O)C1CCCCCN1. The van der Waals surface area contributed by atoms with E-state index in [0.717, 1.165) is 19.4 Å². The molecule has 62 valence electrons. The predicted octanol–water partition coefficient (Wildman–Crippen LogP) is 1.27. The van der Waals surface area contributed by atoms with E-state index in [1.165, 1.54) is 18.9 Å². The Morgan fingerprint density at radius 1 is 1.45 bits per heavy atom. The Balaban J connectivity index is 2.42. The zero-order valence-electron chi connectivity index (χ0n) is 6.81. The van der Waals surface area contributed by atoms with Crippen LogP contribution in [-0.2, 0) is 4.79 Å². The fourth-order valence-electron chi connectivity index (χ4n) is 1.41. The Hall–Kier alpha value is -0.630. The van der Waals surface area contributed by atoms with Crippen molar-refractivity contribution in [2.45, 2.75) is 31.7 Å². The Bertz CT molecular complexity index is 146. The van der Waals surface area contributed by atoms with E-state index >= 15 is 0 Å². The number of carbonyl (C=O) groups is 1. The number of carbonyl (C=O) groups excluding carboxylic acids is 1. The third-order valence-corrected chi connectivity index (χ3v) is 2.10. The van der Waals surface area contributed by atoms with Crippen LogP contribution in [0.5, 0.6) is 0 Å². The van der Waals surface area contributed by atoms with E-state index < -0.39 is 0 Å². The molecule has 0 aromatic rings. The molecule has 1 rings (SSSR count). The summed E-state index contributed by atoms with van der Waals surface area (Å²) in [5, 5.41) is 3.21. The summed E-state index contributed by atoms with van der Waals surface area (Å²) in [5.74, 6) is 0.145. The lowest BCUT2D eigenvalue weighted by molar-refractivity contribution is -0.116. The predicted molar refractivity (Wildman–Crippen MR) is 45.5 cm³/mol. The maximum Gasteiger partial charge on any atom is 0.171 e. The molecule has 1 N–H and O–H groups in total. The van der Waals surface area contributed by atoms with Gasteiger partial charge in [-0.3, -0.25) is 4.79 Å². The molecule has 1 fully saturated rings. The minimum Gasteiger partial charge on any atom is -0.307 e. The molecular formula is C9H15NO. The molecule has 0 spiro atoms. The molecule has 0 amide bonds.